The minimum atomic E-state index is 0.190. The molecule has 19 heavy (non-hydrogen) atoms. The minimum absolute atomic E-state index is 0.190. The first-order chi connectivity index (χ1) is 9.19. The van der Waals surface area contributed by atoms with Crippen LogP contribution >= 0.6 is 23.1 Å². The van der Waals surface area contributed by atoms with Gasteiger partial charge in [-0.15, -0.1) is 23.1 Å². The zero-order chi connectivity index (χ0) is 13.7. The number of nitrogens with zero attached hydrogens (tertiary/aromatic N) is 2. The molecule has 1 unspecified atom stereocenters. The molecule has 1 N–H and O–H groups in total. The number of hydrogen-bond acceptors (Lipinski definition) is 5. The molecule has 4 nitrogen and oxygen atoms in total. The lowest BCUT2D eigenvalue weighted by molar-refractivity contribution is -0.130. The molecule has 1 atom stereocenters. The van der Waals surface area contributed by atoms with Crippen molar-refractivity contribution in [1.29, 1.82) is 0 Å². The molecule has 0 aromatic carbocycles. The van der Waals surface area contributed by atoms with Crippen molar-refractivity contribution in [1.82, 2.24) is 9.88 Å². The van der Waals surface area contributed by atoms with Crippen LogP contribution in [0.15, 0.2) is 5.38 Å². The summed E-state index contributed by atoms with van der Waals surface area (Å²) in [6.07, 6.45) is 2.04. The minimum Gasteiger partial charge on any atom is -0.396 e. The first kappa shape index (κ1) is 14.8. The molecule has 1 aromatic rings. The molecule has 6 heteroatoms. The van der Waals surface area contributed by atoms with Crippen molar-refractivity contribution >= 4 is 29.0 Å². The van der Waals surface area contributed by atoms with Crippen LogP contribution in [0, 0.1) is 12.8 Å². The zero-order valence-corrected chi connectivity index (χ0v) is 12.8. The molecule has 1 saturated heterocycles. The first-order valence-electron chi connectivity index (χ1n) is 6.56. The number of carbonyl (C=O) groups is 1. The number of thiazole rings is 1. The Morgan fingerprint density at radius 2 is 2.53 bits per heavy atom. The van der Waals surface area contributed by atoms with Gasteiger partial charge in [0, 0.05) is 30.8 Å². The van der Waals surface area contributed by atoms with Crippen molar-refractivity contribution in [2.24, 2.45) is 5.92 Å². The Labute approximate surface area is 122 Å². The first-order valence-corrected chi connectivity index (χ1v) is 8.60. The van der Waals surface area contributed by atoms with E-state index in [0.717, 1.165) is 35.8 Å². The molecule has 1 aromatic heterocycles. The van der Waals surface area contributed by atoms with E-state index in [1.54, 1.807) is 23.1 Å². The van der Waals surface area contributed by atoms with Crippen molar-refractivity contribution in [3.05, 3.63) is 16.1 Å². The van der Waals surface area contributed by atoms with Gasteiger partial charge in [-0.25, -0.2) is 4.98 Å². The van der Waals surface area contributed by atoms with Gasteiger partial charge in [-0.1, -0.05) is 0 Å². The SMILES string of the molecule is Cc1nc(CSCC(=O)N2CCCC(CO)C2)cs1. The number of aryl methyl sites for hydroxylation is 1. The molecular formula is C13H20N2O2S2. The molecule has 106 valence electrons. The van der Waals surface area contributed by atoms with Crippen LogP contribution < -0.4 is 0 Å². The number of hydrogen-bond donors (Lipinski definition) is 1. The van der Waals surface area contributed by atoms with E-state index in [1.807, 2.05) is 11.8 Å². The van der Waals surface area contributed by atoms with Crippen LogP contribution in [0.1, 0.15) is 23.5 Å². The van der Waals surface area contributed by atoms with Crippen molar-refractivity contribution in [3.63, 3.8) is 0 Å². The van der Waals surface area contributed by atoms with E-state index in [9.17, 15) is 4.79 Å². The second-order valence-electron chi connectivity index (χ2n) is 4.88. The van der Waals surface area contributed by atoms with Crippen molar-refractivity contribution in [2.75, 3.05) is 25.4 Å². The molecule has 0 aliphatic carbocycles. The van der Waals surface area contributed by atoms with E-state index >= 15 is 0 Å². The molecule has 0 saturated carbocycles. The maximum absolute atomic E-state index is 12.1. The molecule has 1 aliphatic heterocycles. The van der Waals surface area contributed by atoms with Gasteiger partial charge in [-0.2, -0.15) is 0 Å². The van der Waals surface area contributed by atoms with Gasteiger partial charge in [0.25, 0.3) is 0 Å². The van der Waals surface area contributed by atoms with Gasteiger partial charge in [0.15, 0.2) is 0 Å². The van der Waals surface area contributed by atoms with Gasteiger partial charge in [-0.3, -0.25) is 4.79 Å². The Kier molecular flexibility index (Phi) is 5.66. The number of amides is 1. The third-order valence-electron chi connectivity index (χ3n) is 3.27. The van der Waals surface area contributed by atoms with Crippen molar-refractivity contribution in [2.45, 2.75) is 25.5 Å². The second-order valence-corrected chi connectivity index (χ2v) is 6.93. The Balaban J connectivity index is 1.72. The predicted molar refractivity (Wildman–Crippen MR) is 79.4 cm³/mol. The normalized spacial score (nSPS) is 19.7. The van der Waals surface area contributed by atoms with Crippen LogP contribution in [0.4, 0.5) is 0 Å². The lowest BCUT2D eigenvalue weighted by atomic mass is 9.99. The highest BCUT2D eigenvalue weighted by Crippen LogP contribution is 2.19. The highest BCUT2D eigenvalue weighted by atomic mass is 32.2. The van der Waals surface area contributed by atoms with Gasteiger partial charge < -0.3 is 10.0 Å². The lowest BCUT2D eigenvalue weighted by Crippen LogP contribution is -2.41. The molecule has 0 spiro atoms. The third kappa shape index (κ3) is 4.47. The molecule has 1 amide bonds. The lowest BCUT2D eigenvalue weighted by Gasteiger charge is -2.31. The molecule has 1 aliphatic rings. The molecule has 0 radical (unpaired) electrons. The number of aliphatic hydroxyl groups is 1. The fourth-order valence-electron chi connectivity index (χ4n) is 2.25. The maximum Gasteiger partial charge on any atom is 0.232 e. The number of thioether (sulfide) groups is 1. The van der Waals surface area contributed by atoms with Gasteiger partial charge in [0.1, 0.15) is 0 Å². The summed E-state index contributed by atoms with van der Waals surface area (Å²) in [5, 5.41) is 12.3. The van der Waals surface area contributed by atoms with E-state index in [4.69, 9.17) is 5.11 Å². The summed E-state index contributed by atoms with van der Waals surface area (Å²) in [6, 6.07) is 0. The molecule has 1 fully saturated rings. The highest BCUT2D eigenvalue weighted by Gasteiger charge is 2.22. The summed E-state index contributed by atoms with van der Waals surface area (Å²) in [5.74, 6) is 1.77. The number of carbonyl (C=O) groups excluding carboxylic acids is 1. The highest BCUT2D eigenvalue weighted by molar-refractivity contribution is 7.99. The van der Waals surface area contributed by atoms with E-state index in [0.29, 0.717) is 12.3 Å². The van der Waals surface area contributed by atoms with Crippen molar-refractivity contribution < 1.29 is 9.90 Å². The Morgan fingerprint density at radius 3 is 3.21 bits per heavy atom. The predicted octanol–water partition coefficient (Wildman–Crippen LogP) is 1.92. The van der Waals surface area contributed by atoms with Gasteiger partial charge >= 0.3 is 0 Å². The third-order valence-corrected chi connectivity index (χ3v) is 5.05. The summed E-state index contributed by atoms with van der Waals surface area (Å²) in [4.78, 5) is 18.3. The van der Waals surface area contributed by atoms with Crippen LogP contribution in [0.25, 0.3) is 0 Å². The van der Waals surface area contributed by atoms with E-state index in [-0.39, 0.29) is 18.4 Å². The quantitative estimate of drug-likeness (QED) is 0.902. The summed E-state index contributed by atoms with van der Waals surface area (Å²) in [6.45, 7) is 3.74. The maximum atomic E-state index is 12.1. The molecular weight excluding hydrogens is 280 g/mol. The van der Waals surface area contributed by atoms with Gasteiger partial charge in [0.2, 0.25) is 5.91 Å². The largest absolute Gasteiger partial charge is 0.396 e. The number of aliphatic hydroxyl groups excluding tert-OH is 1. The van der Waals surface area contributed by atoms with Crippen LogP contribution in [-0.2, 0) is 10.5 Å². The van der Waals surface area contributed by atoms with Crippen LogP contribution in [0.5, 0.6) is 0 Å². The fraction of sp³-hybridized carbons (Fsp3) is 0.692. The van der Waals surface area contributed by atoms with E-state index in [2.05, 4.69) is 10.4 Å². The van der Waals surface area contributed by atoms with Crippen LogP contribution in [0.3, 0.4) is 0 Å². The average Bonchev–Trinajstić information content (AvgIpc) is 2.84. The molecule has 2 rings (SSSR count). The topological polar surface area (TPSA) is 53.4 Å². The monoisotopic (exact) mass is 300 g/mol. The fourth-order valence-corrected chi connectivity index (χ4v) is 3.78. The zero-order valence-electron chi connectivity index (χ0n) is 11.2. The Bertz CT molecular complexity index is 423. The van der Waals surface area contributed by atoms with Crippen molar-refractivity contribution in [3.8, 4) is 0 Å². The number of likely N-dealkylation sites (tertiary alicyclic amines) is 1. The Morgan fingerprint density at radius 1 is 1.68 bits per heavy atom. The molecule has 0 bridgehead atoms. The summed E-state index contributed by atoms with van der Waals surface area (Å²) >= 11 is 3.27. The standard InChI is InChI=1S/C13H20N2O2S2/c1-10-14-12(8-19-10)7-18-9-13(17)15-4-2-3-11(5-15)6-16/h8,11,16H,2-7,9H2,1H3. The van der Waals surface area contributed by atoms with Crippen LogP contribution in [-0.4, -0.2) is 46.3 Å². The van der Waals surface area contributed by atoms with Crippen LogP contribution in [0.2, 0.25) is 0 Å². The number of piperidine rings is 1. The summed E-state index contributed by atoms with van der Waals surface area (Å²) in [5.41, 5.74) is 1.06. The molecule has 2 heterocycles. The number of rotatable bonds is 5. The summed E-state index contributed by atoms with van der Waals surface area (Å²) in [7, 11) is 0. The van der Waals surface area contributed by atoms with Gasteiger partial charge in [-0.05, 0) is 25.7 Å². The smallest absolute Gasteiger partial charge is 0.232 e. The van der Waals surface area contributed by atoms with E-state index < -0.39 is 0 Å². The summed E-state index contributed by atoms with van der Waals surface area (Å²) < 4.78 is 0. The Hall–Kier alpha value is -0.590. The second kappa shape index (κ2) is 7.26. The number of aromatic nitrogens is 1. The van der Waals surface area contributed by atoms with E-state index in [1.165, 1.54) is 0 Å². The van der Waals surface area contributed by atoms with Gasteiger partial charge in [0.05, 0.1) is 16.5 Å². The average molecular weight is 300 g/mol.